The number of fused-ring (bicyclic) bond motifs is 1. The van der Waals surface area contributed by atoms with Crippen molar-refractivity contribution >= 4 is 21.8 Å². The normalized spacial score (nSPS) is 22.1. The Balaban J connectivity index is 1.60. The first-order valence-electron chi connectivity index (χ1n) is 8.78. The van der Waals surface area contributed by atoms with E-state index in [0.29, 0.717) is 18.0 Å². The zero-order valence-corrected chi connectivity index (χ0v) is 15.4. The number of hydrogen-bond acceptors (Lipinski definition) is 4. The van der Waals surface area contributed by atoms with E-state index in [-0.39, 0.29) is 23.5 Å². The summed E-state index contributed by atoms with van der Waals surface area (Å²) in [4.78, 5) is 14.6. The van der Waals surface area contributed by atoms with Gasteiger partial charge in [-0.2, -0.15) is 0 Å². The van der Waals surface area contributed by atoms with Gasteiger partial charge in [-0.1, -0.05) is 29.8 Å². The van der Waals surface area contributed by atoms with Crippen molar-refractivity contribution in [2.24, 2.45) is 10.3 Å². The summed E-state index contributed by atoms with van der Waals surface area (Å²) in [6.45, 7) is 2.34. The summed E-state index contributed by atoms with van der Waals surface area (Å²) in [5.74, 6) is 0.320. The van der Waals surface area contributed by atoms with Gasteiger partial charge in [0.05, 0.1) is 17.4 Å². The third-order valence-electron chi connectivity index (χ3n) is 4.92. The summed E-state index contributed by atoms with van der Waals surface area (Å²) in [7, 11) is -3.52. The third kappa shape index (κ3) is 3.44. The Morgan fingerprint density at radius 1 is 1.27 bits per heavy atom. The van der Waals surface area contributed by atoms with Crippen LogP contribution >= 0.6 is 0 Å². The number of carbonyl (C=O) groups is 1. The van der Waals surface area contributed by atoms with Crippen LogP contribution < -0.4 is 5.32 Å². The SMILES string of the molecule is Cc1ccc(C(NC(=O)C2=CC=CN3CCS(=O)(=O)N=C23)C2CC2)cc1. The minimum Gasteiger partial charge on any atom is -0.345 e. The Bertz CT molecular complexity index is 925. The summed E-state index contributed by atoms with van der Waals surface area (Å²) >= 11 is 0. The molecule has 4 rings (SSSR count). The van der Waals surface area contributed by atoms with Crippen LogP contribution in [0.5, 0.6) is 0 Å². The quantitative estimate of drug-likeness (QED) is 0.879. The number of hydrogen-bond donors (Lipinski definition) is 1. The lowest BCUT2D eigenvalue weighted by molar-refractivity contribution is -0.117. The Hall–Kier alpha value is -2.41. The van der Waals surface area contributed by atoms with E-state index in [9.17, 15) is 13.2 Å². The van der Waals surface area contributed by atoms with Crippen molar-refractivity contribution < 1.29 is 13.2 Å². The second-order valence-electron chi connectivity index (χ2n) is 7.02. The molecule has 1 aromatic carbocycles. The van der Waals surface area contributed by atoms with Crippen molar-refractivity contribution in [2.45, 2.75) is 25.8 Å². The molecule has 26 heavy (non-hydrogen) atoms. The molecule has 1 N–H and O–H groups in total. The Morgan fingerprint density at radius 3 is 2.69 bits per heavy atom. The number of aryl methyl sites for hydroxylation is 1. The van der Waals surface area contributed by atoms with E-state index >= 15 is 0 Å². The van der Waals surface area contributed by atoms with Gasteiger partial charge in [0.2, 0.25) is 0 Å². The molecule has 1 aromatic rings. The van der Waals surface area contributed by atoms with Gasteiger partial charge in [0.1, 0.15) is 0 Å². The zero-order valence-electron chi connectivity index (χ0n) is 14.6. The van der Waals surface area contributed by atoms with E-state index in [1.165, 1.54) is 5.56 Å². The highest BCUT2D eigenvalue weighted by Crippen LogP contribution is 2.41. The molecular formula is C19H21N3O3S. The van der Waals surface area contributed by atoms with Crippen LogP contribution in [0, 0.1) is 12.8 Å². The molecule has 2 heterocycles. The number of carbonyl (C=O) groups excluding carboxylic acids is 1. The topological polar surface area (TPSA) is 78.8 Å². The van der Waals surface area contributed by atoms with Crippen molar-refractivity contribution in [2.75, 3.05) is 12.3 Å². The average Bonchev–Trinajstić information content (AvgIpc) is 3.44. The molecule has 0 aromatic heterocycles. The molecule has 1 fully saturated rings. The minimum absolute atomic E-state index is 0.0379. The first kappa shape index (κ1) is 17.0. The molecule has 1 saturated carbocycles. The second-order valence-corrected chi connectivity index (χ2v) is 8.77. The van der Waals surface area contributed by atoms with Crippen LogP contribution in [0.2, 0.25) is 0 Å². The van der Waals surface area contributed by atoms with Crippen molar-refractivity contribution in [1.82, 2.24) is 10.2 Å². The molecule has 6 nitrogen and oxygen atoms in total. The van der Waals surface area contributed by atoms with Gasteiger partial charge in [-0.25, -0.2) is 8.42 Å². The van der Waals surface area contributed by atoms with Gasteiger partial charge in [-0.05, 0) is 43.4 Å². The summed E-state index contributed by atoms with van der Waals surface area (Å²) in [5, 5.41) is 3.10. The first-order chi connectivity index (χ1) is 12.4. The monoisotopic (exact) mass is 371 g/mol. The smallest absolute Gasteiger partial charge is 0.256 e. The molecule has 136 valence electrons. The predicted molar refractivity (Wildman–Crippen MR) is 99.9 cm³/mol. The number of nitrogens with zero attached hydrogens (tertiary/aromatic N) is 2. The number of allylic oxidation sites excluding steroid dienone is 2. The Labute approximate surface area is 153 Å². The first-order valence-corrected chi connectivity index (χ1v) is 10.4. The fraction of sp³-hybridized carbons (Fsp3) is 0.368. The van der Waals surface area contributed by atoms with Crippen LogP contribution in [0.15, 0.2) is 52.6 Å². The molecule has 2 aliphatic heterocycles. The minimum atomic E-state index is -3.52. The maximum atomic E-state index is 12.9. The summed E-state index contributed by atoms with van der Waals surface area (Å²) in [6.07, 6.45) is 7.30. The number of sulfonamides is 1. The lowest BCUT2D eigenvalue weighted by atomic mass is 10.00. The lowest BCUT2D eigenvalue weighted by Gasteiger charge is -2.29. The van der Waals surface area contributed by atoms with Gasteiger partial charge >= 0.3 is 0 Å². The predicted octanol–water partition coefficient (Wildman–Crippen LogP) is 2.06. The number of amidine groups is 1. The fourth-order valence-corrected chi connectivity index (χ4v) is 4.27. The molecule has 1 atom stereocenters. The molecular weight excluding hydrogens is 350 g/mol. The van der Waals surface area contributed by atoms with Crippen LogP contribution in [-0.2, 0) is 14.8 Å². The van der Waals surface area contributed by atoms with Gasteiger partial charge in [0, 0.05) is 12.7 Å². The van der Waals surface area contributed by atoms with Gasteiger partial charge in [0.15, 0.2) is 5.84 Å². The molecule has 1 unspecified atom stereocenters. The number of nitrogens with one attached hydrogen (secondary N) is 1. The number of benzene rings is 1. The second kappa shape index (κ2) is 6.39. The standard InChI is InChI=1S/C19H21N3O3S/c1-13-4-6-14(7-5-13)17(15-8-9-15)20-19(23)16-3-2-10-22-11-12-26(24,25)21-18(16)22/h2-7,10,15,17H,8-9,11-12H2,1H3,(H,20,23). The van der Waals surface area contributed by atoms with Crippen LogP contribution in [-0.4, -0.2) is 37.4 Å². The molecule has 0 bridgehead atoms. The summed E-state index contributed by atoms with van der Waals surface area (Å²) in [6, 6.07) is 8.10. The van der Waals surface area contributed by atoms with Crippen molar-refractivity contribution in [3.05, 3.63) is 59.3 Å². The van der Waals surface area contributed by atoms with Crippen LogP contribution in [0.25, 0.3) is 0 Å². The van der Waals surface area contributed by atoms with Crippen molar-refractivity contribution in [3.8, 4) is 0 Å². The van der Waals surface area contributed by atoms with Gasteiger partial charge in [-0.3, -0.25) is 4.79 Å². The third-order valence-corrected chi connectivity index (χ3v) is 6.07. The molecule has 0 radical (unpaired) electrons. The van der Waals surface area contributed by atoms with E-state index in [2.05, 4.69) is 9.71 Å². The highest BCUT2D eigenvalue weighted by molar-refractivity contribution is 7.90. The highest BCUT2D eigenvalue weighted by Gasteiger charge is 2.36. The molecule has 3 aliphatic rings. The summed E-state index contributed by atoms with van der Waals surface area (Å²) in [5.41, 5.74) is 2.55. The largest absolute Gasteiger partial charge is 0.345 e. The van der Waals surface area contributed by atoms with E-state index in [1.54, 1.807) is 23.3 Å². The Morgan fingerprint density at radius 2 is 2.00 bits per heavy atom. The Kier molecular flexibility index (Phi) is 4.19. The van der Waals surface area contributed by atoms with Gasteiger partial charge < -0.3 is 10.2 Å². The fourth-order valence-electron chi connectivity index (χ4n) is 3.29. The zero-order chi connectivity index (χ0) is 18.3. The van der Waals surface area contributed by atoms with E-state index < -0.39 is 10.0 Å². The summed E-state index contributed by atoms with van der Waals surface area (Å²) < 4.78 is 27.6. The number of amides is 1. The maximum Gasteiger partial charge on any atom is 0.256 e. The maximum absolute atomic E-state index is 12.9. The highest BCUT2D eigenvalue weighted by atomic mass is 32.2. The van der Waals surface area contributed by atoms with E-state index in [0.717, 1.165) is 18.4 Å². The van der Waals surface area contributed by atoms with E-state index in [1.807, 2.05) is 31.2 Å². The van der Waals surface area contributed by atoms with Gasteiger partial charge in [-0.15, -0.1) is 4.40 Å². The molecule has 7 heteroatoms. The average molecular weight is 371 g/mol. The van der Waals surface area contributed by atoms with Gasteiger partial charge in [0.25, 0.3) is 15.9 Å². The molecule has 0 spiro atoms. The molecule has 0 saturated heterocycles. The van der Waals surface area contributed by atoms with Crippen molar-refractivity contribution in [3.63, 3.8) is 0 Å². The lowest BCUT2D eigenvalue weighted by Crippen LogP contribution is -2.43. The van der Waals surface area contributed by atoms with E-state index in [4.69, 9.17) is 0 Å². The van der Waals surface area contributed by atoms with Crippen LogP contribution in [0.3, 0.4) is 0 Å². The van der Waals surface area contributed by atoms with Crippen LogP contribution in [0.1, 0.15) is 30.0 Å². The molecule has 1 amide bonds. The van der Waals surface area contributed by atoms with Crippen molar-refractivity contribution in [1.29, 1.82) is 0 Å². The molecule has 1 aliphatic carbocycles. The number of rotatable bonds is 4. The van der Waals surface area contributed by atoms with Crippen LogP contribution in [0.4, 0.5) is 0 Å².